The lowest BCUT2D eigenvalue weighted by atomic mass is 10.1. The second kappa shape index (κ2) is 9.36. The van der Waals surface area contributed by atoms with E-state index in [-0.39, 0.29) is 5.91 Å². The molecule has 7 nitrogen and oxygen atoms in total. The Morgan fingerprint density at radius 3 is 2.64 bits per heavy atom. The smallest absolute Gasteiger partial charge is 0.237 e. The highest BCUT2D eigenvalue weighted by Gasteiger charge is 2.20. The number of tetrazole rings is 1. The first-order valence-electron chi connectivity index (χ1n) is 9.19. The van der Waals surface area contributed by atoms with Crippen LogP contribution in [0.3, 0.4) is 0 Å². The zero-order chi connectivity index (χ0) is 19.9. The minimum atomic E-state index is -0.394. The van der Waals surface area contributed by atoms with Gasteiger partial charge in [0.2, 0.25) is 11.1 Å². The van der Waals surface area contributed by atoms with Gasteiger partial charge < -0.3 is 10.1 Å². The van der Waals surface area contributed by atoms with Gasteiger partial charge in [0.15, 0.2) is 0 Å². The number of aromatic nitrogens is 4. The molecule has 0 saturated carbocycles. The van der Waals surface area contributed by atoms with E-state index in [1.807, 2.05) is 62.4 Å². The Morgan fingerprint density at radius 1 is 1.18 bits per heavy atom. The molecule has 0 bridgehead atoms. The van der Waals surface area contributed by atoms with Crippen molar-refractivity contribution in [2.75, 3.05) is 11.9 Å². The highest BCUT2D eigenvalue weighted by molar-refractivity contribution is 8.00. The van der Waals surface area contributed by atoms with E-state index in [9.17, 15) is 4.79 Å². The molecule has 0 saturated heterocycles. The number of nitrogens with zero attached hydrogens (tertiary/aromatic N) is 4. The molecule has 1 N–H and O–H groups in total. The van der Waals surface area contributed by atoms with Gasteiger partial charge >= 0.3 is 0 Å². The van der Waals surface area contributed by atoms with Crippen LogP contribution in [0.2, 0.25) is 0 Å². The van der Waals surface area contributed by atoms with E-state index < -0.39 is 5.25 Å². The van der Waals surface area contributed by atoms with Gasteiger partial charge in [-0.1, -0.05) is 43.0 Å². The molecule has 0 aliphatic rings. The lowest BCUT2D eigenvalue weighted by molar-refractivity contribution is -0.115. The second-order valence-electron chi connectivity index (χ2n) is 6.07. The number of carbonyl (C=O) groups excluding carboxylic acids is 1. The van der Waals surface area contributed by atoms with Gasteiger partial charge in [0, 0.05) is 0 Å². The van der Waals surface area contributed by atoms with E-state index in [1.54, 1.807) is 4.68 Å². The fourth-order valence-electron chi connectivity index (χ4n) is 2.58. The summed E-state index contributed by atoms with van der Waals surface area (Å²) in [4.78, 5) is 12.7. The number of carbonyl (C=O) groups is 1. The molecular formula is C20H23N5O2S. The summed E-state index contributed by atoms with van der Waals surface area (Å²) < 4.78 is 7.20. The van der Waals surface area contributed by atoms with Gasteiger partial charge in [-0.25, -0.2) is 0 Å². The number of benzene rings is 2. The number of hydrogen-bond donors (Lipinski definition) is 1. The normalized spacial score (nSPS) is 11.8. The Bertz CT molecular complexity index is 926. The van der Waals surface area contributed by atoms with Crippen LogP contribution in [0.25, 0.3) is 5.69 Å². The molecule has 1 aromatic heterocycles. The first kappa shape index (κ1) is 19.9. The molecule has 0 aliphatic heterocycles. The molecule has 1 heterocycles. The number of para-hydroxylation sites is 2. The lowest BCUT2D eigenvalue weighted by Crippen LogP contribution is -2.23. The molecule has 1 amide bonds. The van der Waals surface area contributed by atoms with Gasteiger partial charge in [0.05, 0.1) is 23.2 Å². The molecule has 1 unspecified atom stereocenters. The van der Waals surface area contributed by atoms with Crippen molar-refractivity contribution in [3.8, 4) is 11.4 Å². The maximum atomic E-state index is 12.7. The van der Waals surface area contributed by atoms with Crippen LogP contribution in [0.1, 0.15) is 26.3 Å². The number of rotatable bonds is 8. The average Bonchev–Trinajstić information content (AvgIpc) is 3.17. The van der Waals surface area contributed by atoms with E-state index in [4.69, 9.17) is 4.74 Å². The Labute approximate surface area is 168 Å². The molecule has 28 heavy (non-hydrogen) atoms. The van der Waals surface area contributed by atoms with E-state index in [0.29, 0.717) is 23.2 Å². The number of nitrogens with one attached hydrogen (secondary N) is 1. The van der Waals surface area contributed by atoms with E-state index in [2.05, 4.69) is 27.8 Å². The monoisotopic (exact) mass is 397 g/mol. The molecule has 146 valence electrons. The Kier molecular flexibility index (Phi) is 6.65. The van der Waals surface area contributed by atoms with Crippen molar-refractivity contribution in [1.82, 2.24) is 20.2 Å². The zero-order valence-corrected chi connectivity index (χ0v) is 16.9. The van der Waals surface area contributed by atoms with Crippen molar-refractivity contribution in [1.29, 1.82) is 0 Å². The summed E-state index contributed by atoms with van der Waals surface area (Å²) in [5.41, 5.74) is 2.75. The summed E-state index contributed by atoms with van der Waals surface area (Å²) in [5, 5.41) is 15.0. The third-order valence-corrected chi connectivity index (χ3v) is 5.16. The highest BCUT2D eigenvalue weighted by Crippen LogP contribution is 2.27. The highest BCUT2D eigenvalue weighted by atomic mass is 32.2. The molecule has 1 atom stereocenters. The number of thioether (sulfide) groups is 1. The maximum absolute atomic E-state index is 12.7. The Morgan fingerprint density at radius 2 is 1.93 bits per heavy atom. The van der Waals surface area contributed by atoms with Crippen molar-refractivity contribution < 1.29 is 9.53 Å². The van der Waals surface area contributed by atoms with Crippen molar-refractivity contribution in [2.24, 2.45) is 0 Å². The molecule has 8 heteroatoms. The molecule has 0 radical (unpaired) electrons. The van der Waals surface area contributed by atoms with Gasteiger partial charge in [-0.15, -0.1) is 5.10 Å². The van der Waals surface area contributed by atoms with Crippen LogP contribution in [0.5, 0.6) is 5.75 Å². The summed E-state index contributed by atoms with van der Waals surface area (Å²) >= 11 is 1.30. The topological polar surface area (TPSA) is 81.9 Å². The molecule has 3 aromatic rings. The summed E-state index contributed by atoms with van der Waals surface area (Å²) in [6, 6.07) is 15.4. The lowest BCUT2D eigenvalue weighted by Gasteiger charge is -2.14. The van der Waals surface area contributed by atoms with E-state index >= 15 is 0 Å². The fourth-order valence-corrected chi connectivity index (χ4v) is 3.39. The van der Waals surface area contributed by atoms with Gasteiger partial charge in [0.25, 0.3) is 0 Å². The largest absolute Gasteiger partial charge is 0.492 e. The zero-order valence-electron chi connectivity index (χ0n) is 16.1. The summed E-state index contributed by atoms with van der Waals surface area (Å²) in [6.45, 7) is 6.37. The van der Waals surface area contributed by atoms with Crippen molar-refractivity contribution in [3.05, 3.63) is 54.1 Å². The molecule has 3 rings (SSSR count). The summed E-state index contributed by atoms with van der Waals surface area (Å²) in [6.07, 6.45) is 0.970. The minimum absolute atomic E-state index is 0.145. The third-order valence-electron chi connectivity index (χ3n) is 4.13. The standard InChI is InChI=1S/C20H23N5O2S/c1-4-15-10-12-16(13-11-15)25-20(22-23-24-25)28-14(3)19(26)21-17-8-6-7-9-18(17)27-5-2/h6-14H,4-5H2,1-3H3,(H,21,26). The molecule has 0 spiro atoms. The van der Waals surface area contributed by atoms with Crippen LogP contribution < -0.4 is 10.1 Å². The van der Waals surface area contributed by atoms with Gasteiger partial charge in [-0.05, 0) is 60.5 Å². The van der Waals surface area contributed by atoms with Crippen molar-refractivity contribution >= 4 is 23.4 Å². The number of amides is 1. The maximum Gasteiger partial charge on any atom is 0.237 e. The molecule has 2 aromatic carbocycles. The number of aryl methyl sites for hydroxylation is 1. The van der Waals surface area contributed by atoms with Crippen LogP contribution in [0.4, 0.5) is 5.69 Å². The first-order chi connectivity index (χ1) is 13.6. The van der Waals surface area contributed by atoms with Crippen LogP contribution in [0.15, 0.2) is 53.7 Å². The van der Waals surface area contributed by atoms with Gasteiger partial charge in [0.1, 0.15) is 5.75 Å². The third kappa shape index (κ3) is 4.69. The quantitative estimate of drug-likeness (QED) is 0.583. The summed E-state index contributed by atoms with van der Waals surface area (Å²) in [7, 11) is 0. The van der Waals surface area contributed by atoms with Crippen LogP contribution >= 0.6 is 11.8 Å². The van der Waals surface area contributed by atoms with Gasteiger partial charge in [-0.3, -0.25) is 4.79 Å². The fraction of sp³-hybridized carbons (Fsp3) is 0.300. The number of anilines is 1. The minimum Gasteiger partial charge on any atom is -0.492 e. The van der Waals surface area contributed by atoms with E-state index in [0.717, 1.165) is 12.1 Å². The Balaban J connectivity index is 1.70. The van der Waals surface area contributed by atoms with Crippen molar-refractivity contribution in [2.45, 2.75) is 37.6 Å². The SMILES string of the molecule is CCOc1ccccc1NC(=O)C(C)Sc1nnnn1-c1ccc(CC)cc1. The predicted molar refractivity (Wildman–Crippen MR) is 110 cm³/mol. The molecular weight excluding hydrogens is 374 g/mol. The number of hydrogen-bond acceptors (Lipinski definition) is 6. The Hall–Kier alpha value is -2.87. The first-order valence-corrected chi connectivity index (χ1v) is 10.1. The number of ether oxygens (including phenoxy) is 1. The average molecular weight is 398 g/mol. The summed E-state index contributed by atoms with van der Waals surface area (Å²) in [5.74, 6) is 0.504. The van der Waals surface area contributed by atoms with E-state index in [1.165, 1.54) is 17.3 Å². The molecule has 0 fully saturated rings. The van der Waals surface area contributed by atoms with Crippen molar-refractivity contribution in [3.63, 3.8) is 0 Å². The van der Waals surface area contributed by atoms with Crippen LogP contribution in [0, 0.1) is 0 Å². The van der Waals surface area contributed by atoms with Gasteiger partial charge in [-0.2, -0.15) is 4.68 Å². The second-order valence-corrected chi connectivity index (χ2v) is 7.38. The predicted octanol–water partition coefficient (Wildman–Crippen LogP) is 3.74. The van der Waals surface area contributed by atoms with Crippen LogP contribution in [-0.2, 0) is 11.2 Å². The van der Waals surface area contributed by atoms with Crippen LogP contribution in [-0.4, -0.2) is 38.0 Å². The molecule has 0 aliphatic carbocycles.